The average Bonchev–Trinajstić information content (AvgIpc) is 2.61. The van der Waals surface area contributed by atoms with Gasteiger partial charge in [-0.25, -0.2) is 0 Å². The minimum atomic E-state index is -0.724. The van der Waals surface area contributed by atoms with Crippen molar-refractivity contribution < 1.29 is 5.11 Å². The maximum atomic E-state index is 11.0. The summed E-state index contributed by atoms with van der Waals surface area (Å²) in [5, 5.41) is 20.6. The molecule has 0 heterocycles. The van der Waals surface area contributed by atoms with E-state index in [0.717, 1.165) is 44.9 Å². The quantitative estimate of drug-likeness (QED) is 0.754. The molecule has 2 saturated carbocycles. The molecule has 0 aromatic heterocycles. The summed E-state index contributed by atoms with van der Waals surface area (Å²) in [7, 11) is 0. The Morgan fingerprint density at radius 3 is 2.12 bits per heavy atom. The predicted octanol–water partition coefficient (Wildman–Crippen LogP) is 3.65. The molecular weight excluding hydrogens is 210 g/mol. The molecule has 0 aromatic carbocycles. The van der Waals surface area contributed by atoms with Crippen molar-refractivity contribution in [1.82, 2.24) is 0 Å². The fourth-order valence-electron chi connectivity index (χ4n) is 3.87. The van der Waals surface area contributed by atoms with Gasteiger partial charge < -0.3 is 5.11 Å². The fourth-order valence-corrected chi connectivity index (χ4v) is 3.87. The van der Waals surface area contributed by atoms with E-state index in [1.54, 1.807) is 0 Å². The number of rotatable bonds is 1. The van der Waals surface area contributed by atoms with E-state index < -0.39 is 11.0 Å². The summed E-state index contributed by atoms with van der Waals surface area (Å²) in [5.41, 5.74) is -0.852. The summed E-state index contributed by atoms with van der Waals surface area (Å²) in [5.74, 6) is 0.281. The SMILES string of the molecule is CC1CCCC1(O)C1(C#N)CCC(C)(C)CC1. The zero-order valence-corrected chi connectivity index (χ0v) is 11.4. The van der Waals surface area contributed by atoms with Gasteiger partial charge in [-0.05, 0) is 49.9 Å². The maximum Gasteiger partial charge on any atom is 0.0863 e. The zero-order chi connectivity index (χ0) is 12.7. The third-order valence-electron chi connectivity index (χ3n) is 5.51. The summed E-state index contributed by atoms with van der Waals surface area (Å²) in [6.45, 7) is 6.67. The molecular formula is C15H25NO. The number of hydrogen-bond acceptors (Lipinski definition) is 2. The monoisotopic (exact) mass is 235 g/mol. The normalized spacial score (nSPS) is 39.8. The van der Waals surface area contributed by atoms with Gasteiger partial charge in [-0.15, -0.1) is 0 Å². The molecule has 0 saturated heterocycles. The molecule has 2 heteroatoms. The lowest BCUT2D eigenvalue weighted by atomic mass is 9.57. The predicted molar refractivity (Wildman–Crippen MR) is 68.3 cm³/mol. The highest BCUT2D eigenvalue weighted by molar-refractivity contribution is 5.16. The summed E-state index contributed by atoms with van der Waals surface area (Å²) in [6.07, 6.45) is 6.84. The summed E-state index contributed by atoms with van der Waals surface area (Å²) in [4.78, 5) is 0. The van der Waals surface area contributed by atoms with Gasteiger partial charge in [-0.2, -0.15) is 5.26 Å². The van der Waals surface area contributed by atoms with Crippen LogP contribution in [-0.4, -0.2) is 10.7 Å². The van der Waals surface area contributed by atoms with E-state index in [0.29, 0.717) is 5.41 Å². The molecule has 0 aliphatic heterocycles. The Labute approximate surface area is 105 Å². The molecule has 17 heavy (non-hydrogen) atoms. The van der Waals surface area contributed by atoms with E-state index in [9.17, 15) is 10.4 Å². The van der Waals surface area contributed by atoms with Gasteiger partial charge in [0.25, 0.3) is 0 Å². The highest BCUT2D eigenvalue weighted by Crippen LogP contribution is 2.56. The van der Waals surface area contributed by atoms with Gasteiger partial charge in [0, 0.05) is 0 Å². The lowest BCUT2D eigenvalue weighted by molar-refractivity contribution is -0.106. The van der Waals surface area contributed by atoms with Gasteiger partial charge in [0.2, 0.25) is 0 Å². The van der Waals surface area contributed by atoms with Crippen LogP contribution in [0.4, 0.5) is 0 Å². The second kappa shape index (κ2) is 3.99. The van der Waals surface area contributed by atoms with Crippen LogP contribution in [0.1, 0.15) is 65.7 Å². The molecule has 0 aromatic rings. The third kappa shape index (κ3) is 1.89. The number of nitriles is 1. The lowest BCUT2D eigenvalue weighted by Crippen LogP contribution is -2.52. The smallest absolute Gasteiger partial charge is 0.0863 e. The van der Waals surface area contributed by atoms with E-state index in [1.165, 1.54) is 0 Å². The van der Waals surface area contributed by atoms with E-state index in [-0.39, 0.29) is 5.92 Å². The van der Waals surface area contributed by atoms with Crippen LogP contribution in [0.15, 0.2) is 0 Å². The molecule has 2 fully saturated rings. The molecule has 96 valence electrons. The first-order valence-corrected chi connectivity index (χ1v) is 6.99. The van der Waals surface area contributed by atoms with Crippen LogP contribution < -0.4 is 0 Å². The van der Waals surface area contributed by atoms with E-state index >= 15 is 0 Å². The number of aliphatic hydroxyl groups is 1. The first-order valence-electron chi connectivity index (χ1n) is 6.99. The molecule has 2 rings (SSSR count). The minimum absolute atomic E-state index is 0.281. The van der Waals surface area contributed by atoms with Crippen LogP contribution in [0.25, 0.3) is 0 Å². The van der Waals surface area contributed by atoms with Crippen molar-refractivity contribution in [1.29, 1.82) is 5.26 Å². The first kappa shape index (κ1) is 12.9. The molecule has 1 N–H and O–H groups in total. The van der Waals surface area contributed by atoms with Crippen LogP contribution in [0, 0.1) is 28.1 Å². The summed E-state index contributed by atoms with van der Waals surface area (Å²) in [6, 6.07) is 2.52. The van der Waals surface area contributed by atoms with Gasteiger partial charge >= 0.3 is 0 Å². The molecule has 0 bridgehead atoms. The second-order valence-electron chi connectivity index (χ2n) is 7.08. The van der Waals surface area contributed by atoms with Gasteiger partial charge in [0.05, 0.1) is 17.1 Å². The Morgan fingerprint density at radius 2 is 1.71 bits per heavy atom. The molecule has 2 nitrogen and oxygen atoms in total. The van der Waals surface area contributed by atoms with Crippen molar-refractivity contribution in [3.05, 3.63) is 0 Å². The third-order valence-corrected chi connectivity index (χ3v) is 5.51. The Morgan fingerprint density at radius 1 is 1.12 bits per heavy atom. The molecule has 0 spiro atoms. The molecule has 2 unspecified atom stereocenters. The highest BCUT2D eigenvalue weighted by atomic mass is 16.3. The largest absolute Gasteiger partial charge is 0.388 e. The number of nitrogens with zero attached hydrogens (tertiary/aromatic N) is 1. The Kier molecular flexibility index (Phi) is 3.02. The standard InChI is InChI=1S/C15H25NO/c1-12-5-4-6-15(12,17)14(11-16)9-7-13(2,3)8-10-14/h12,17H,4-10H2,1-3H3. The van der Waals surface area contributed by atoms with Crippen LogP contribution in [-0.2, 0) is 0 Å². The molecule has 0 radical (unpaired) electrons. The zero-order valence-electron chi connectivity index (χ0n) is 11.4. The molecule has 0 amide bonds. The Balaban J connectivity index is 2.25. The summed E-state index contributed by atoms with van der Waals surface area (Å²) < 4.78 is 0. The van der Waals surface area contributed by atoms with Gasteiger partial charge in [0.15, 0.2) is 0 Å². The van der Waals surface area contributed by atoms with Crippen molar-refractivity contribution in [3.63, 3.8) is 0 Å². The van der Waals surface area contributed by atoms with Crippen molar-refractivity contribution in [2.75, 3.05) is 0 Å². The topological polar surface area (TPSA) is 44.0 Å². The van der Waals surface area contributed by atoms with Crippen molar-refractivity contribution >= 4 is 0 Å². The van der Waals surface area contributed by atoms with E-state index in [1.807, 2.05) is 0 Å². The van der Waals surface area contributed by atoms with Gasteiger partial charge in [0.1, 0.15) is 0 Å². The molecule has 2 atom stereocenters. The average molecular weight is 235 g/mol. The van der Waals surface area contributed by atoms with E-state index in [2.05, 4.69) is 26.8 Å². The van der Waals surface area contributed by atoms with E-state index in [4.69, 9.17) is 0 Å². The fraction of sp³-hybridized carbons (Fsp3) is 0.933. The van der Waals surface area contributed by atoms with Gasteiger partial charge in [-0.3, -0.25) is 0 Å². The molecule has 2 aliphatic rings. The molecule has 2 aliphatic carbocycles. The van der Waals surface area contributed by atoms with Crippen LogP contribution >= 0.6 is 0 Å². The van der Waals surface area contributed by atoms with Crippen molar-refractivity contribution in [2.24, 2.45) is 16.7 Å². The van der Waals surface area contributed by atoms with Crippen LogP contribution in [0.2, 0.25) is 0 Å². The van der Waals surface area contributed by atoms with Gasteiger partial charge in [-0.1, -0.05) is 27.2 Å². The first-order chi connectivity index (χ1) is 7.85. The Bertz CT molecular complexity index is 331. The lowest BCUT2D eigenvalue weighted by Gasteiger charge is -2.49. The number of hydrogen-bond donors (Lipinski definition) is 1. The van der Waals surface area contributed by atoms with Crippen LogP contribution in [0.5, 0.6) is 0 Å². The Hall–Kier alpha value is -0.550. The van der Waals surface area contributed by atoms with Crippen LogP contribution in [0.3, 0.4) is 0 Å². The van der Waals surface area contributed by atoms with Crippen molar-refractivity contribution in [3.8, 4) is 6.07 Å². The van der Waals surface area contributed by atoms with Crippen molar-refractivity contribution in [2.45, 2.75) is 71.3 Å². The summed E-state index contributed by atoms with van der Waals surface area (Å²) >= 11 is 0. The minimum Gasteiger partial charge on any atom is -0.388 e. The second-order valence-corrected chi connectivity index (χ2v) is 7.08. The highest BCUT2D eigenvalue weighted by Gasteiger charge is 2.57. The maximum absolute atomic E-state index is 11.0.